The van der Waals surface area contributed by atoms with E-state index in [-0.39, 0.29) is 28.0 Å². The van der Waals surface area contributed by atoms with Gasteiger partial charge in [0.2, 0.25) is 0 Å². The van der Waals surface area contributed by atoms with E-state index in [1.54, 1.807) is 24.3 Å². The topological polar surface area (TPSA) is 120 Å². The van der Waals surface area contributed by atoms with Crippen LogP contribution in [0.3, 0.4) is 0 Å². The number of ketones is 2. The molecule has 1 aliphatic rings. The van der Waals surface area contributed by atoms with Gasteiger partial charge in [0.25, 0.3) is 0 Å². The van der Waals surface area contributed by atoms with Crippen molar-refractivity contribution >= 4 is 27.2 Å². The first-order chi connectivity index (χ1) is 14.8. The van der Waals surface area contributed by atoms with Crippen LogP contribution in [0.15, 0.2) is 41.6 Å². The molecular weight excluding hydrogens is 414 g/mol. The Kier molecular flexibility index (Phi) is 7.90. The van der Waals surface area contributed by atoms with Crippen LogP contribution >= 0.6 is 0 Å². The molecule has 0 radical (unpaired) electrons. The highest BCUT2D eigenvalue weighted by atomic mass is 32.2. The summed E-state index contributed by atoms with van der Waals surface area (Å²) < 4.78 is 25.2. The van der Waals surface area contributed by atoms with Crippen LogP contribution in [0.2, 0.25) is 0 Å². The fourth-order valence-electron chi connectivity index (χ4n) is 3.99. The largest absolute Gasteiger partial charge is 0.382 e. The summed E-state index contributed by atoms with van der Waals surface area (Å²) in [5, 5.41) is 0. The monoisotopic (exact) mass is 443 g/mol. The minimum absolute atomic E-state index is 0.108. The zero-order valence-electron chi connectivity index (χ0n) is 17.6. The highest BCUT2D eigenvalue weighted by Gasteiger charge is 2.23. The third kappa shape index (κ3) is 6.95. The molecule has 0 amide bonds. The fraction of sp³-hybridized carbons (Fsp3) is 0.478. The number of hydrogen-bond acceptors (Lipinski definition) is 7. The lowest BCUT2D eigenvalue weighted by molar-refractivity contribution is -0.117. The summed E-state index contributed by atoms with van der Waals surface area (Å²) in [6.45, 7) is 0. The molecule has 3 rings (SSSR count). The van der Waals surface area contributed by atoms with Gasteiger partial charge in [-0.3, -0.25) is 9.59 Å². The molecular formula is C23H29N3O4S. The van der Waals surface area contributed by atoms with E-state index in [0.717, 1.165) is 31.2 Å². The van der Waals surface area contributed by atoms with Crippen molar-refractivity contribution in [1.82, 2.24) is 9.97 Å². The molecule has 8 heteroatoms. The number of aromatic nitrogens is 2. The van der Waals surface area contributed by atoms with Crippen molar-refractivity contribution in [2.45, 2.75) is 62.7 Å². The maximum absolute atomic E-state index is 12.6. The molecule has 1 aromatic carbocycles. The van der Waals surface area contributed by atoms with Gasteiger partial charge in [-0.05, 0) is 36.5 Å². The number of Topliss-reactive ketones (excluding diaryl/α,β-unsaturated/α-hetero) is 2. The van der Waals surface area contributed by atoms with Gasteiger partial charge in [-0.25, -0.2) is 18.4 Å². The Hall–Kier alpha value is -2.61. The van der Waals surface area contributed by atoms with Crippen LogP contribution in [0, 0.1) is 5.92 Å². The maximum Gasteiger partial charge on any atom is 0.185 e. The second-order valence-electron chi connectivity index (χ2n) is 8.25. The van der Waals surface area contributed by atoms with Gasteiger partial charge in [-0.15, -0.1) is 0 Å². The number of anilines is 1. The first-order valence-electron chi connectivity index (χ1n) is 10.8. The lowest BCUT2D eigenvalue weighted by Crippen LogP contribution is -2.20. The third-order valence-electron chi connectivity index (χ3n) is 5.70. The molecule has 0 saturated heterocycles. The van der Waals surface area contributed by atoms with Crippen LogP contribution < -0.4 is 5.73 Å². The quantitative estimate of drug-likeness (QED) is 0.557. The molecule has 0 aliphatic heterocycles. The Morgan fingerprint density at radius 2 is 1.71 bits per heavy atom. The number of rotatable bonds is 10. The molecule has 31 heavy (non-hydrogen) atoms. The van der Waals surface area contributed by atoms with Gasteiger partial charge in [0.15, 0.2) is 15.6 Å². The van der Waals surface area contributed by atoms with Crippen LogP contribution in [-0.2, 0) is 21.1 Å². The predicted molar refractivity (Wildman–Crippen MR) is 118 cm³/mol. The third-order valence-corrected chi connectivity index (χ3v) is 7.39. The molecule has 1 aliphatic carbocycles. The number of sulfone groups is 1. The molecule has 0 spiro atoms. The molecule has 2 N–H and O–H groups in total. The smallest absolute Gasteiger partial charge is 0.185 e. The van der Waals surface area contributed by atoms with Crippen molar-refractivity contribution in [2.24, 2.45) is 5.92 Å². The van der Waals surface area contributed by atoms with Crippen molar-refractivity contribution in [1.29, 1.82) is 0 Å². The second-order valence-corrected chi connectivity index (χ2v) is 10.2. The number of hydrogen-bond donors (Lipinski definition) is 1. The van der Waals surface area contributed by atoms with E-state index >= 15 is 0 Å². The number of nitrogens with two attached hydrogens (primary N) is 1. The average Bonchev–Trinajstić information content (AvgIpc) is 2.75. The molecule has 0 atom stereocenters. The van der Waals surface area contributed by atoms with Crippen LogP contribution in [0.25, 0.3) is 0 Å². The number of nitrogen functional groups attached to an aromatic ring is 1. The molecule has 1 aromatic heterocycles. The number of aryl methyl sites for hydroxylation is 1. The average molecular weight is 444 g/mol. The van der Waals surface area contributed by atoms with Crippen molar-refractivity contribution in [3.8, 4) is 0 Å². The SMILES string of the molecule is Nc1cnc(C(=O)CCCc2ccc(S(=O)(=O)CC(=O)CC3CCCCC3)cc2)cn1. The maximum atomic E-state index is 12.6. The molecule has 7 nitrogen and oxygen atoms in total. The van der Waals surface area contributed by atoms with Gasteiger partial charge in [0, 0.05) is 12.8 Å². The van der Waals surface area contributed by atoms with Crippen LogP contribution in [0.4, 0.5) is 5.82 Å². The van der Waals surface area contributed by atoms with E-state index in [1.807, 2.05) is 0 Å². The van der Waals surface area contributed by atoms with Crippen LogP contribution in [0.1, 0.15) is 67.4 Å². The van der Waals surface area contributed by atoms with Gasteiger partial charge in [0.1, 0.15) is 23.0 Å². The zero-order valence-corrected chi connectivity index (χ0v) is 18.4. The minimum Gasteiger partial charge on any atom is -0.382 e. The Balaban J connectivity index is 1.48. The molecule has 166 valence electrons. The van der Waals surface area contributed by atoms with Crippen molar-refractivity contribution in [3.05, 3.63) is 47.9 Å². The standard InChI is InChI=1S/C23H29N3O4S/c24-23-15-25-21(14-26-23)22(28)8-4-7-17-9-11-20(12-10-17)31(29,30)16-19(27)13-18-5-2-1-3-6-18/h9-12,14-15,18H,1-8,13,16H2,(H2,24,26). The van der Waals surface area contributed by atoms with E-state index in [9.17, 15) is 18.0 Å². The molecule has 1 heterocycles. The summed E-state index contributed by atoms with van der Waals surface area (Å²) in [4.78, 5) is 32.4. The number of benzene rings is 1. The summed E-state index contributed by atoms with van der Waals surface area (Å²) in [5.41, 5.74) is 6.69. The lowest BCUT2D eigenvalue weighted by atomic mass is 9.86. The van der Waals surface area contributed by atoms with Gasteiger partial charge in [0.05, 0.1) is 17.3 Å². The normalized spacial score (nSPS) is 15.0. The molecule has 0 bridgehead atoms. The van der Waals surface area contributed by atoms with E-state index < -0.39 is 15.6 Å². The zero-order chi connectivity index (χ0) is 22.3. The highest BCUT2D eigenvalue weighted by molar-refractivity contribution is 7.92. The Bertz CT molecular complexity index is 996. The Morgan fingerprint density at radius 3 is 2.35 bits per heavy atom. The predicted octanol–water partition coefficient (Wildman–Crippen LogP) is 3.58. The molecule has 1 saturated carbocycles. The van der Waals surface area contributed by atoms with Crippen molar-refractivity contribution in [2.75, 3.05) is 11.5 Å². The van der Waals surface area contributed by atoms with E-state index in [1.165, 1.54) is 18.8 Å². The van der Waals surface area contributed by atoms with Crippen LogP contribution in [-0.4, -0.2) is 35.7 Å². The Morgan fingerprint density at radius 1 is 1.00 bits per heavy atom. The van der Waals surface area contributed by atoms with Crippen LogP contribution in [0.5, 0.6) is 0 Å². The van der Waals surface area contributed by atoms with Gasteiger partial charge >= 0.3 is 0 Å². The van der Waals surface area contributed by atoms with Gasteiger partial charge in [-0.2, -0.15) is 0 Å². The van der Waals surface area contributed by atoms with E-state index in [4.69, 9.17) is 5.73 Å². The van der Waals surface area contributed by atoms with Crippen molar-refractivity contribution < 1.29 is 18.0 Å². The first-order valence-corrected chi connectivity index (χ1v) is 12.4. The first kappa shape index (κ1) is 23.1. The summed E-state index contributed by atoms with van der Waals surface area (Å²) in [5.74, 6) is -0.133. The summed E-state index contributed by atoms with van der Waals surface area (Å²) >= 11 is 0. The number of carbonyl (C=O) groups is 2. The molecule has 2 aromatic rings. The highest BCUT2D eigenvalue weighted by Crippen LogP contribution is 2.27. The Labute approximate surface area is 183 Å². The van der Waals surface area contributed by atoms with E-state index in [0.29, 0.717) is 31.6 Å². The van der Waals surface area contributed by atoms with Gasteiger partial charge in [-0.1, -0.05) is 44.2 Å². The van der Waals surface area contributed by atoms with E-state index in [2.05, 4.69) is 9.97 Å². The number of nitrogens with zero attached hydrogens (tertiary/aromatic N) is 2. The fourth-order valence-corrected chi connectivity index (χ4v) is 5.25. The van der Waals surface area contributed by atoms with Gasteiger partial charge < -0.3 is 5.73 Å². The molecule has 0 unspecified atom stereocenters. The summed E-state index contributed by atoms with van der Waals surface area (Å²) in [6, 6.07) is 6.58. The second kappa shape index (κ2) is 10.6. The number of carbonyl (C=O) groups excluding carboxylic acids is 2. The summed E-state index contributed by atoms with van der Waals surface area (Å²) in [6.07, 6.45) is 10.2. The minimum atomic E-state index is -3.63. The lowest BCUT2D eigenvalue weighted by Gasteiger charge is -2.20. The molecule has 1 fully saturated rings. The summed E-state index contributed by atoms with van der Waals surface area (Å²) in [7, 11) is -3.63. The van der Waals surface area contributed by atoms with Crippen molar-refractivity contribution in [3.63, 3.8) is 0 Å².